The van der Waals surface area contributed by atoms with E-state index in [9.17, 15) is 30.0 Å². The largest absolute Gasteiger partial charge is 0.507 e. The van der Waals surface area contributed by atoms with Crippen molar-refractivity contribution in [3.8, 4) is 5.75 Å². The number of aliphatic hydroxyl groups excluding tert-OH is 3. The molecule has 8 nitrogen and oxygen atoms in total. The molecular formula is C24H26N2O6. The average molecular weight is 438 g/mol. The molecule has 0 heterocycles. The van der Waals surface area contributed by atoms with Crippen molar-refractivity contribution in [3.05, 3.63) is 57.1 Å². The lowest BCUT2D eigenvalue weighted by atomic mass is 9.64. The molecule has 3 atom stereocenters. The van der Waals surface area contributed by atoms with Crippen LogP contribution < -0.4 is 5.73 Å². The summed E-state index contributed by atoms with van der Waals surface area (Å²) in [6, 6.07) is 2.67. The SMILES string of the molecule is CN(C)C1C(=O)C(C(N)=O)=C(O)C2=C(O)C3=C(O)c4c(O)ccc(C5CC5)c4CC3CC21. The maximum atomic E-state index is 13.0. The number of likely N-dealkylation sites (N-methyl/N-ethyl adjacent to an activating group) is 1. The van der Waals surface area contributed by atoms with Gasteiger partial charge in [-0.1, -0.05) is 6.07 Å². The molecule has 168 valence electrons. The first-order valence-electron chi connectivity index (χ1n) is 10.8. The van der Waals surface area contributed by atoms with Gasteiger partial charge in [0.25, 0.3) is 5.91 Å². The molecule has 1 aromatic rings. The van der Waals surface area contributed by atoms with E-state index in [0.717, 1.165) is 24.0 Å². The van der Waals surface area contributed by atoms with Crippen molar-refractivity contribution in [2.75, 3.05) is 14.1 Å². The number of Topliss-reactive ketones (excluding diaryl/α,β-unsaturated/α-hetero) is 1. The number of carbonyl (C=O) groups excluding carboxylic acids is 2. The van der Waals surface area contributed by atoms with Crippen LogP contribution in [0.4, 0.5) is 0 Å². The molecule has 0 bridgehead atoms. The second kappa shape index (κ2) is 6.87. The number of hydrogen-bond acceptors (Lipinski definition) is 7. The average Bonchev–Trinajstić information content (AvgIpc) is 3.52. The van der Waals surface area contributed by atoms with Crippen molar-refractivity contribution in [1.29, 1.82) is 0 Å². The number of rotatable bonds is 3. The monoisotopic (exact) mass is 438 g/mol. The number of amides is 1. The van der Waals surface area contributed by atoms with Crippen molar-refractivity contribution in [3.63, 3.8) is 0 Å². The molecule has 1 fully saturated rings. The van der Waals surface area contributed by atoms with E-state index in [-0.39, 0.29) is 34.3 Å². The Morgan fingerprint density at radius 1 is 1.00 bits per heavy atom. The summed E-state index contributed by atoms with van der Waals surface area (Å²) in [5.74, 6) is -3.44. The van der Waals surface area contributed by atoms with Gasteiger partial charge in [-0.2, -0.15) is 0 Å². The van der Waals surface area contributed by atoms with Crippen LogP contribution in [0.5, 0.6) is 5.75 Å². The van der Waals surface area contributed by atoms with Crippen molar-refractivity contribution in [1.82, 2.24) is 4.90 Å². The van der Waals surface area contributed by atoms with Crippen LogP contribution in [-0.2, 0) is 16.0 Å². The summed E-state index contributed by atoms with van der Waals surface area (Å²) in [5.41, 5.74) is 7.36. The fourth-order valence-corrected chi connectivity index (χ4v) is 5.83. The Morgan fingerprint density at radius 2 is 1.69 bits per heavy atom. The lowest BCUT2D eigenvalue weighted by Crippen LogP contribution is -2.51. The minimum absolute atomic E-state index is 0.0381. The summed E-state index contributed by atoms with van der Waals surface area (Å²) >= 11 is 0. The highest BCUT2D eigenvalue weighted by Crippen LogP contribution is 2.54. The molecule has 1 saturated carbocycles. The van der Waals surface area contributed by atoms with Gasteiger partial charge in [0, 0.05) is 17.1 Å². The fraction of sp³-hybridized carbons (Fsp3) is 0.417. The molecule has 32 heavy (non-hydrogen) atoms. The Balaban J connectivity index is 1.76. The second-order valence-electron chi connectivity index (χ2n) is 9.43. The third kappa shape index (κ3) is 2.72. The van der Waals surface area contributed by atoms with Crippen molar-refractivity contribution in [2.24, 2.45) is 17.6 Å². The van der Waals surface area contributed by atoms with Crippen LogP contribution in [0.25, 0.3) is 5.76 Å². The zero-order chi connectivity index (χ0) is 23.1. The molecule has 5 rings (SSSR count). The smallest absolute Gasteiger partial charge is 0.256 e. The third-order valence-electron chi connectivity index (χ3n) is 7.31. The maximum Gasteiger partial charge on any atom is 0.256 e. The zero-order valence-electron chi connectivity index (χ0n) is 17.9. The number of aromatic hydroxyl groups is 1. The summed E-state index contributed by atoms with van der Waals surface area (Å²) in [5, 5.41) is 43.7. The van der Waals surface area contributed by atoms with E-state index in [0.29, 0.717) is 24.3 Å². The highest BCUT2D eigenvalue weighted by molar-refractivity contribution is 6.22. The first-order chi connectivity index (χ1) is 15.1. The molecule has 0 spiro atoms. The van der Waals surface area contributed by atoms with Gasteiger partial charge in [0.1, 0.15) is 28.6 Å². The van der Waals surface area contributed by atoms with Crippen LogP contribution in [0, 0.1) is 11.8 Å². The first kappa shape index (κ1) is 20.6. The number of phenolic OH excluding ortho intramolecular Hbond substituents is 1. The number of fused-ring (bicyclic) bond motifs is 3. The van der Waals surface area contributed by atoms with Gasteiger partial charge in [-0.05, 0) is 68.8 Å². The number of aliphatic hydroxyl groups is 3. The fourth-order valence-electron chi connectivity index (χ4n) is 5.83. The predicted octanol–water partition coefficient (Wildman–Crippen LogP) is 2.35. The van der Waals surface area contributed by atoms with Gasteiger partial charge in [-0.25, -0.2) is 0 Å². The van der Waals surface area contributed by atoms with E-state index in [1.807, 2.05) is 6.07 Å². The number of nitrogens with two attached hydrogens (primary N) is 1. The van der Waals surface area contributed by atoms with E-state index in [2.05, 4.69) is 0 Å². The summed E-state index contributed by atoms with van der Waals surface area (Å²) in [4.78, 5) is 26.6. The summed E-state index contributed by atoms with van der Waals surface area (Å²) in [6.45, 7) is 0. The molecular weight excluding hydrogens is 412 g/mol. The molecule has 4 aliphatic rings. The summed E-state index contributed by atoms with van der Waals surface area (Å²) in [7, 11) is 3.39. The van der Waals surface area contributed by atoms with Gasteiger partial charge >= 0.3 is 0 Å². The molecule has 0 aliphatic heterocycles. The number of primary amides is 1. The zero-order valence-corrected chi connectivity index (χ0v) is 17.9. The van der Waals surface area contributed by atoms with Crippen molar-refractivity contribution >= 4 is 17.4 Å². The van der Waals surface area contributed by atoms with E-state index in [1.54, 1.807) is 25.1 Å². The van der Waals surface area contributed by atoms with Crippen LogP contribution in [0.1, 0.15) is 41.9 Å². The summed E-state index contributed by atoms with van der Waals surface area (Å²) in [6.07, 6.45) is 2.98. The van der Waals surface area contributed by atoms with E-state index in [4.69, 9.17) is 5.73 Å². The van der Waals surface area contributed by atoms with Gasteiger partial charge in [0.15, 0.2) is 5.78 Å². The second-order valence-corrected chi connectivity index (χ2v) is 9.43. The normalized spacial score (nSPS) is 27.5. The Kier molecular flexibility index (Phi) is 4.43. The van der Waals surface area contributed by atoms with Crippen LogP contribution in [0.2, 0.25) is 0 Å². The standard InChI is InChI=1S/C24H26N2O6/c1-26(2)19-13-8-10-7-12-11(9-3-4-9)5-6-14(27)16(12)20(28)15(10)21(29)17(13)22(30)18(23(19)31)24(25)32/h5-6,9-10,13,19,27-30H,3-4,7-8H2,1-2H3,(H2,25,32). The van der Waals surface area contributed by atoms with Gasteiger partial charge < -0.3 is 26.2 Å². The van der Waals surface area contributed by atoms with E-state index >= 15 is 0 Å². The molecule has 0 saturated heterocycles. The molecule has 0 radical (unpaired) electrons. The number of hydrogen-bond donors (Lipinski definition) is 5. The van der Waals surface area contributed by atoms with Gasteiger partial charge in [-0.15, -0.1) is 0 Å². The predicted molar refractivity (Wildman–Crippen MR) is 116 cm³/mol. The highest BCUT2D eigenvalue weighted by atomic mass is 16.3. The number of ketones is 1. The topological polar surface area (TPSA) is 144 Å². The lowest BCUT2D eigenvalue weighted by molar-refractivity contribution is -0.125. The maximum absolute atomic E-state index is 13.0. The van der Waals surface area contributed by atoms with Gasteiger partial charge in [0.05, 0.1) is 11.6 Å². The number of benzene rings is 1. The Hall–Kier alpha value is -3.26. The first-order valence-corrected chi connectivity index (χ1v) is 10.8. The van der Waals surface area contributed by atoms with Gasteiger partial charge in [0.2, 0.25) is 0 Å². The van der Waals surface area contributed by atoms with Crippen molar-refractivity contribution in [2.45, 2.75) is 37.6 Å². The number of nitrogens with zero attached hydrogens (tertiary/aromatic N) is 1. The minimum Gasteiger partial charge on any atom is -0.507 e. The molecule has 4 aliphatic carbocycles. The molecule has 0 aromatic heterocycles. The van der Waals surface area contributed by atoms with Gasteiger partial charge in [-0.3, -0.25) is 14.5 Å². The van der Waals surface area contributed by atoms with Crippen LogP contribution in [0.3, 0.4) is 0 Å². The molecule has 1 amide bonds. The summed E-state index contributed by atoms with van der Waals surface area (Å²) < 4.78 is 0. The molecule has 8 heteroatoms. The number of carbonyl (C=O) groups is 2. The van der Waals surface area contributed by atoms with Crippen LogP contribution in [-0.4, -0.2) is 57.2 Å². The number of phenols is 1. The van der Waals surface area contributed by atoms with Crippen molar-refractivity contribution < 1.29 is 30.0 Å². The van der Waals surface area contributed by atoms with Crippen LogP contribution in [0.15, 0.2) is 40.4 Å². The quantitative estimate of drug-likeness (QED) is 0.456. The molecule has 3 unspecified atom stereocenters. The third-order valence-corrected chi connectivity index (χ3v) is 7.31. The Labute approximate surface area is 185 Å². The Bertz CT molecular complexity index is 1170. The van der Waals surface area contributed by atoms with E-state index in [1.165, 1.54) is 0 Å². The van der Waals surface area contributed by atoms with Crippen LogP contribution >= 0.6 is 0 Å². The Morgan fingerprint density at radius 3 is 2.28 bits per heavy atom. The highest BCUT2D eigenvalue weighted by Gasteiger charge is 2.51. The molecule has 1 aromatic carbocycles. The number of allylic oxidation sites excluding steroid dienone is 2. The molecule has 6 N–H and O–H groups in total. The van der Waals surface area contributed by atoms with E-state index < -0.39 is 35.0 Å². The minimum atomic E-state index is -1.07. The lowest BCUT2D eigenvalue weighted by Gasteiger charge is -2.43.